The van der Waals surface area contributed by atoms with Crippen molar-refractivity contribution < 1.29 is 5.11 Å². The molecule has 4 rings (SSSR count). The zero-order valence-corrected chi connectivity index (χ0v) is 14.7. The van der Waals surface area contributed by atoms with Crippen LogP contribution in [0.1, 0.15) is 13.8 Å². The monoisotopic (exact) mass is 354 g/mol. The van der Waals surface area contributed by atoms with E-state index in [1.54, 1.807) is 18.6 Å². The Morgan fingerprint density at radius 1 is 1.28 bits per heavy atom. The molecule has 0 saturated heterocycles. The second-order valence-corrected chi connectivity index (χ2v) is 7.39. The topological polar surface area (TPSA) is 90.9 Å². The highest BCUT2D eigenvalue weighted by atomic mass is 32.1. The molecular weight excluding hydrogens is 336 g/mol. The molecule has 0 unspecified atom stereocenters. The lowest BCUT2D eigenvalue weighted by molar-refractivity contribution is 0.249. The number of H-pyrrole nitrogens is 1. The average molecular weight is 354 g/mol. The van der Waals surface area contributed by atoms with Gasteiger partial charge in [0.05, 0.1) is 28.3 Å². The molecule has 0 saturated carbocycles. The number of thiazole rings is 1. The van der Waals surface area contributed by atoms with E-state index in [2.05, 4.69) is 29.1 Å². The van der Waals surface area contributed by atoms with Gasteiger partial charge in [-0.15, -0.1) is 0 Å². The van der Waals surface area contributed by atoms with Gasteiger partial charge in [-0.1, -0.05) is 25.2 Å². The fourth-order valence-electron chi connectivity index (χ4n) is 3.06. The number of benzene rings is 1. The molecule has 0 aliphatic carbocycles. The lowest BCUT2D eigenvalue weighted by Crippen LogP contribution is -2.29. The summed E-state index contributed by atoms with van der Waals surface area (Å²) >= 11 is 1.50. The Balaban J connectivity index is 2.04. The van der Waals surface area contributed by atoms with Gasteiger partial charge in [0.25, 0.3) is 5.56 Å². The van der Waals surface area contributed by atoms with Gasteiger partial charge in [0, 0.05) is 34.7 Å². The van der Waals surface area contributed by atoms with Crippen molar-refractivity contribution in [3.63, 3.8) is 0 Å². The normalized spacial score (nSPS) is 13.1. The molecule has 7 heteroatoms. The van der Waals surface area contributed by atoms with Crippen molar-refractivity contribution in [3.05, 3.63) is 41.1 Å². The Bertz CT molecular complexity index is 1130. The number of anilines is 1. The summed E-state index contributed by atoms with van der Waals surface area (Å²) in [6.45, 7) is 4.15. The first-order valence-electron chi connectivity index (χ1n) is 8.15. The van der Waals surface area contributed by atoms with E-state index in [0.717, 1.165) is 31.5 Å². The maximum atomic E-state index is 12.4. The van der Waals surface area contributed by atoms with Gasteiger partial charge in [-0.3, -0.25) is 9.78 Å². The Morgan fingerprint density at radius 2 is 2.12 bits per heavy atom. The molecule has 128 valence electrons. The number of nitrogens with zero attached hydrogens (tertiary/aromatic N) is 2. The largest absolute Gasteiger partial charge is 0.394 e. The quantitative estimate of drug-likeness (QED) is 0.490. The molecule has 0 aliphatic rings. The highest BCUT2D eigenvalue weighted by Crippen LogP contribution is 2.37. The molecule has 1 atom stereocenters. The van der Waals surface area contributed by atoms with Gasteiger partial charge in [-0.05, 0) is 18.1 Å². The second-order valence-electron chi connectivity index (χ2n) is 6.39. The number of fused-ring (bicyclic) bond motifs is 6. The fraction of sp³-hybridized carbons (Fsp3) is 0.278. The highest BCUT2D eigenvalue weighted by molar-refractivity contribution is 7.23. The molecule has 0 fully saturated rings. The number of hydrogen-bond acceptors (Lipinski definition) is 6. The van der Waals surface area contributed by atoms with Crippen LogP contribution in [0.15, 0.2) is 35.5 Å². The first-order valence-corrected chi connectivity index (χ1v) is 8.97. The van der Waals surface area contributed by atoms with E-state index in [1.165, 1.54) is 11.3 Å². The number of nitrogens with one attached hydrogen (secondary N) is 2. The van der Waals surface area contributed by atoms with E-state index >= 15 is 0 Å². The number of aliphatic hydroxyl groups is 1. The maximum Gasteiger partial charge on any atom is 0.256 e. The highest BCUT2D eigenvalue weighted by Gasteiger charge is 2.18. The molecule has 3 N–H and O–H groups in total. The number of rotatable bonds is 4. The van der Waals surface area contributed by atoms with Crippen LogP contribution in [0, 0.1) is 5.92 Å². The van der Waals surface area contributed by atoms with Gasteiger partial charge >= 0.3 is 0 Å². The van der Waals surface area contributed by atoms with Crippen LogP contribution < -0.4 is 10.9 Å². The number of pyridine rings is 2. The van der Waals surface area contributed by atoms with E-state index < -0.39 is 0 Å². The zero-order valence-electron chi connectivity index (χ0n) is 13.9. The molecule has 6 nitrogen and oxygen atoms in total. The fourth-order valence-corrected chi connectivity index (χ4v) is 4.14. The first-order chi connectivity index (χ1) is 12.1. The van der Waals surface area contributed by atoms with Crippen LogP contribution in [-0.4, -0.2) is 32.7 Å². The lowest BCUT2D eigenvalue weighted by Gasteiger charge is -2.18. The van der Waals surface area contributed by atoms with Crippen LogP contribution >= 0.6 is 11.3 Å². The van der Waals surface area contributed by atoms with Crippen molar-refractivity contribution >= 4 is 48.2 Å². The Morgan fingerprint density at radius 3 is 2.88 bits per heavy atom. The molecule has 0 spiro atoms. The molecule has 1 aromatic carbocycles. The molecule has 4 aromatic rings. The predicted octanol–water partition coefficient (Wildman–Crippen LogP) is 3.11. The molecule has 3 heterocycles. The first kappa shape index (κ1) is 16.0. The summed E-state index contributed by atoms with van der Waals surface area (Å²) in [5.74, 6) is 0.276. The van der Waals surface area contributed by atoms with Gasteiger partial charge in [-0.2, -0.15) is 0 Å². The predicted molar refractivity (Wildman–Crippen MR) is 102 cm³/mol. The van der Waals surface area contributed by atoms with E-state index in [4.69, 9.17) is 4.98 Å². The summed E-state index contributed by atoms with van der Waals surface area (Å²) < 4.78 is 0.961. The van der Waals surface area contributed by atoms with Gasteiger partial charge in [0.2, 0.25) is 0 Å². The molecule has 3 aromatic heterocycles. The summed E-state index contributed by atoms with van der Waals surface area (Å²) in [5, 5.41) is 16.8. The van der Waals surface area contributed by atoms with Crippen molar-refractivity contribution in [2.75, 3.05) is 11.9 Å². The van der Waals surface area contributed by atoms with Crippen LogP contribution in [0.4, 0.5) is 5.13 Å². The van der Waals surface area contributed by atoms with Crippen molar-refractivity contribution in [2.45, 2.75) is 19.9 Å². The third-order valence-corrected chi connectivity index (χ3v) is 5.51. The van der Waals surface area contributed by atoms with Crippen LogP contribution in [0.5, 0.6) is 0 Å². The SMILES string of the molecule is CC(C)[C@H](CO)Nc1nc2c3ccncc3c3c(=O)[nH]ccc3c2s1. The Hall–Kier alpha value is -2.51. The molecule has 0 radical (unpaired) electrons. The van der Waals surface area contributed by atoms with Crippen LogP contribution in [-0.2, 0) is 0 Å². The van der Waals surface area contributed by atoms with Crippen LogP contribution in [0.3, 0.4) is 0 Å². The van der Waals surface area contributed by atoms with Crippen LogP contribution in [0.2, 0.25) is 0 Å². The summed E-state index contributed by atoms with van der Waals surface area (Å²) in [6.07, 6.45) is 5.08. The summed E-state index contributed by atoms with van der Waals surface area (Å²) in [4.78, 5) is 24.1. The number of hydrogen-bond donors (Lipinski definition) is 3. The summed E-state index contributed by atoms with van der Waals surface area (Å²) in [6, 6.07) is 3.72. The average Bonchev–Trinajstić information content (AvgIpc) is 3.04. The summed E-state index contributed by atoms with van der Waals surface area (Å²) in [7, 11) is 0. The Labute approximate surface area is 147 Å². The minimum absolute atomic E-state index is 0.0404. The van der Waals surface area contributed by atoms with E-state index in [9.17, 15) is 9.90 Å². The van der Waals surface area contributed by atoms with Crippen molar-refractivity contribution in [3.8, 4) is 0 Å². The number of aromatic amines is 1. The lowest BCUT2D eigenvalue weighted by atomic mass is 10.0. The molecule has 0 amide bonds. The van der Waals surface area contributed by atoms with Gasteiger partial charge in [0.1, 0.15) is 0 Å². The number of aliphatic hydroxyl groups excluding tert-OH is 1. The molecule has 0 bridgehead atoms. The molecular formula is C18H18N4O2S. The maximum absolute atomic E-state index is 12.4. The van der Waals surface area contributed by atoms with Gasteiger partial charge in [-0.25, -0.2) is 4.98 Å². The van der Waals surface area contributed by atoms with E-state index in [-0.39, 0.29) is 24.1 Å². The van der Waals surface area contributed by atoms with Crippen LogP contribution in [0.25, 0.3) is 31.8 Å². The van der Waals surface area contributed by atoms with Gasteiger partial charge in [0.15, 0.2) is 5.13 Å². The third-order valence-electron chi connectivity index (χ3n) is 4.49. The van der Waals surface area contributed by atoms with Crippen molar-refractivity contribution in [1.29, 1.82) is 0 Å². The minimum Gasteiger partial charge on any atom is -0.394 e. The smallest absolute Gasteiger partial charge is 0.256 e. The minimum atomic E-state index is -0.129. The van der Waals surface area contributed by atoms with Gasteiger partial charge < -0.3 is 15.4 Å². The van der Waals surface area contributed by atoms with Crippen molar-refractivity contribution in [2.24, 2.45) is 5.92 Å². The van der Waals surface area contributed by atoms with E-state index in [1.807, 2.05) is 12.1 Å². The standard InChI is InChI=1S/C18H18N4O2S/c1-9(2)13(8-23)21-18-22-15-10-3-5-19-7-12(10)14-11(16(15)25-18)4-6-20-17(14)24/h3-7,9,13,23H,8H2,1-2H3,(H,20,24)(H,21,22)/t13-/m0/s1. The molecule has 0 aliphatic heterocycles. The third kappa shape index (κ3) is 2.56. The summed E-state index contributed by atoms with van der Waals surface area (Å²) in [5.41, 5.74) is 0.721. The second kappa shape index (κ2) is 6.09. The zero-order chi connectivity index (χ0) is 17.6. The van der Waals surface area contributed by atoms with Crippen molar-refractivity contribution in [1.82, 2.24) is 15.0 Å². The molecule has 25 heavy (non-hydrogen) atoms. The van der Waals surface area contributed by atoms with E-state index in [0.29, 0.717) is 5.39 Å². The number of aromatic nitrogens is 3. The Kier molecular flexibility index (Phi) is 3.89.